The topological polar surface area (TPSA) is 0 Å². The number of rotatable bonds is 5. The first-order valence-corrected chi connectivity index (χ1v) is 11.5. The zero-order valence-electron chi connectivity index (χ0n) is 18.7. The molecule has 1 aliphatic rings. The molecule has 0 radical (unpaired) electrons. The summed E-state index contributed by atoms with van der Waals surface area (Å²) < 4.78 is 51.5. The summed E-state index contributed by atoms with van der Waals surface area (Å²) in [6.45, 7) is 4.42. The zero-order valence-corrected chi connectivity index (χ0v) is 18.7. The molecular weight excluding hydrogens is 412 g/mol. The fourth-order valence-corrected chi connectivity index (χ4v) is 4.52. The molecule has 1 aliphatic carbocycles. The van der Waals surface area contributed by atoms with Crippen LogP contribution in [0.5, 0.6) is 0 Å². The lowest BCUT2D eigenvalue weighted by molar-refractivity contribution is -0.140. The lowest BCUT2D eigenvalue weighted by Crippen LogP contribution is -2.13. The third-order valence-electron chi connectivity index (χ3n) is 6.29. The van der Waals surface area contributed by atoms with E-state index in [9.17, 15) is 17.6 Å². The van der Waals surface area contributed by atoms with Crippen molar-refractivity contribution in [2.24, 2.45) is 5.92 Å². The highest BCUT2D eigenvalue weighted by atomic mass is 19.4. The quantitative estimate of drug-likeness (QED) is 0.323. The molecule has 0 aliphatic heterocycles. The van der Waals surface area contributed by atoms with Gasteiger partial charge in [0.2, 0.25) is 0 Å². The molecule has 2 aromatic carbocycles. The van der Waals surface area contributed by atoms with E-state index < -0.39 is 17.6 Å². The summed E-state index contributed by atoms with van der Waals surface area (Å²) in [4.78, 5) is 0. The summed E-state index contributed by atoms with van der Waals surface area (Å²) in [5.74, 6) is 5.33. The molecule has 0 aromatic heterocycles. The van der Waals surface area contributed by atoms with Crippen molar-refractivity contribution >= 4 is 0 Å². The van der Waals surface area contributed by atoms with Gasteiger partial charge < -0.3 is 0 Å². The summed E-state index contributed by atoms with van der Waals surface area (Å²) in [5.41, 5.74) is 3.39. The van der Waals surface area contributed by atoms with Crippen molar-refractivity contribution in [3.05, 3.63) is 82.2 Å². The Labute approximate surface area is 188 Å². The van der Waals surface area contributed by atoms with Crippen LogP contribution in [0.4, 0.5) is 17.6 Å². The molecule has 0 spiro atoms. The van der Waals surface area contributed by atoms with E-state index in [1.807, 2.05) is 0 Å². The Morgan fingerprint density at radius 3 is 2.38 bits per heavy atom. The molecule has 1 fully saturated rings. The first-order valence-electron chi connectivity index (χ1n) is 11.5. The highest BCUT2D eigenvalue weighted by molar-refractivity contribution is 5.40. The van der Waals surface area contributed by atoms with Gasteiger partial charge in [0.25, 0.3) is 0 Å². The van der Waals surface area contributed by atoms with Crippen LogP contribution in [0.2, 0.25) is 0 Å². The van der Waals surface area contributed by atoms with Crippen LogP contribution in [-0.2, 0) is 19.0 Å². The molecule has 0 unspecified atom stereocenters. The maximum absolute atomic E-state index is 13.6. The van der Waals surface area contributed by atoms with Crippen molar-refractivity contribution in [1.82, 2.24) is 0 Å². The average Bonchev–Trinajstić information content (AvgIpc) is 2.76. The van der Waals surface area contributed by atoms with Gasteiger partial charge in [-0.05, 0) is 91.3 Å². The van der Waals surface area contributed by atoms with Crippen LogP contribution < -0.4 is 0 Å². The van der Waals surface area contributed by atoms with E-state index in [1.165, 1.54) is 22.8 Å². The molecule has 0 N–H and O–H groups in total. The van der Waals surface area contributed by atoms with Gasteiger partial charge in [0.1, 0.15) is 5.82 Å². The Kier molecular flexibility index (Phi) is 8.18. The molecule has 1 saturated carbocycles. The minimum absolute atomic E-state index is 0.239. The Morgan fingerprint density at radius 1 is 1.00 bits per heavy atom. The normalized spacial score (nSPS) is 19.1. The van der Waals surface area contributed by atoms with Crippen LogP contribution in [0.15, 0.2) is 48.6 Å². The predicted molar refractivity (Wildman–Crippen MR) is 122 cm³/mol. The van der Waals surface area contributed by atoms with Crippen LogP contribution in [0.1, 0.15) is 79.7 Å². The van der Waals surface area contributed by atoms with Gasteiger partial charge in [-0.15, -0.1) is 0 Å². The fourth-order valence-electron chi connectivity index (χ4n) is 4.52. The molecule has 3 rings (SSSR count). The number of aryl methyl sites for hydroxylation is 2. The van der Waals surface area contributed by atoms with Gasteiger partial charge in [0.15, 0.2) is 0 Å². The van der Waals surface area contributed by atoms with Crippen molar-refractivity contribution in [3.63, 3.8) is 0 Å². The summed E-state index contributed by atoms with van der Waals surface area (Å²) in [6, 6.07) is 9.76. The predicted octanol–water partition coefficient (Wildman–Crippen LogP) is 8.24. The summed E-state index contributed by atoms with van der Waals surface area (Å²) in [5, 5.41) is 0. The van der Waals surface area contributed by atoms with E-state index in [4.69, 9.17) is 0 Å². The van der Waals surface area contributed by atoms with Gasteiger partial charge in [-0.2, -0.15) is 13.2 Å². The number of alkyl halides is 3. The maximum Gasteiger partial charge on any atom is 0.419 e. The van der Waals surface area contributed by atoms with Gasteiger partial charge in [-0.3, -0.25) is 0 Å². The Hall–Kier alpha value is -2.54. The van der Waals surface area contributed by atoms with E-state index in [2.05, 4.69) is 50.0 Å². The van der Waals surface area contributed by atoms with Gasteiger partial charge in [-0.25, -0.2) is 4.39 Å². The molecule has 170 valence electrons. The van der Waals surface area contributed by atoms with Gasteiger partial charge in [0.05, 0.1) is 5.56 Å². The van der Waals surface area contributed by atoms with E-state index in [-0.39, 0.29) is 5.56 Å². The second kappa shape index (κ2) is 10.9. The zero-order chi connectivity index (χ0) is 23.1. The van der Waals surface area contributed by atoms with Crippen LogP contribution in [-0.4, -0.2) is 0 Å². The molecule has 0 atom stereocenters. The molecule has 0 nitrogen and oxygen atoms in total. The Morgan fingerprint density at radius 2 is 1.75 bits per heavy atom. The smallest absolute Gasteiger partial charge is 0.206 e. The van der Waals surface area contributed by atoms with Crippen LogP contribution in [0.25, 0.3) is 0 Å². The molecule has 0 bridgehead atoms. The van der Waals surface area contributed by atoms with Crippen molar-refractivity contribution in [2.45, 2.75) is 70.9 Å². The van der Waals surface area contributed by atoms with Crippen LogP contribution >= 0.6 is 0 Å². The van der Waals surface area contributed by atoms with Crippen LogP contribution in [0.3, 0.4) is 0 Å². The van der Waals surface area contributed by atoms with Crippen LogP contribution in [0, 0.1) is 23.6 Å². The molecule has 0 saturated heterocycles. The number of hydrogen-bond acceptors (Lipinski definition) is 0. The SMILES string of the molecule is CCCc1cc(CC)ccc1[C@H]1CC[C@H](/C=C/C#Cc2ccc(C(F)(F)F)c(F)c2)CC1. The Bertz CT molecular complexity index is 996. The monoisotopic (exact) mass is 442 g/mol. The maximum atomic E-state index is 13.6. The van der Waals surface area contributed by atoms with E-state index in [1.54, 1.807) is 6.08 Å². The van der Waals surface area contributed by atoms with Crippen molar-refractivity contribution in [2.75, 3.05) is 0 Å². The number of allylic oxidation sites excluding steroid dienone is 2. The summed E-state index contributed by atoms with van der Waals surface area (Å²) in [6.07, 6.45) is 6.97. The van der Waals surface area contributed by atoms with Gasteiger partial charge in [0, 0.05) is 5.56 Å². The largest absolute Gasteiger partial charge is 0.419 e. The first kappa shape index (κ1) is 24.1. The molecule has 4 heteroatoms. The molecular formula is C28H30F4. The van der Waals surface area contributed by atoms with Crippen molar-refractivity contribution in [3.8, 4) is 11.8 Å². The highest BCUT2D eigenvalue weighted by Crippen LogP contribution is 2.38. The molecule has 2 aromatic rings. The number of halogens is 4. The third-order valence-corrected chi connectivity index (χ3v) is 6.29. The molecule has 0 amide bonds. The number of benzene rings is 2. The minimum atomic E-state index is -4.69. The molecule has 0 heterocycles. The van der Waals surface area contributed by atoms with E-state index in [0.29, 0.717) is 11.8 Å². The fraction of sp³-hybridized carbons (Fsp3) is 0.429. The third kappa shape index (κ3) is 6.25. The van der Waals surface area contributed by atoms with Crippen molar-refractivity contribution in [1.29, 1.82) is 0 Å². The minimum Gasteiger partial charge on any atom is -0.206 e. The molecule has 32 heavy (non-hydrogen) atoms. The second-order valence-electron chi connectivity index (χ2n) is 8.57. The summed E-state index contributed by atoms with van der Waals surface area (Å²) in [7, 11) is 0. The first-order chi connectivity index (χ1) is 15.3. The second-order valence-corrected chi connectivity index (χ2v) is 8.57. The van der Waals surface area contributed by atoms with Gasteiger partial charge in [-0.1, -0.05) is 56.4 Å². The summed E-state index contributed by atoms with van der Waals surface area (Å²) >= 11 is 0. The average molecular weight is 443 g/mol. The van der Waals surface area contributed by atoms with E-state index >= 15 is 0 Å². The lowest BCUT2D eigenvalue weighted by Gasteiger charge is -2.29. The van der Waals surface area contributed by atoms with Gasteiger partial charge >= 0.3 is 6.18 Å². The standard InChI is InChI=1S/C28H30F4/c1-3-7-24-18-20(4-2)12-16-25(24)23-14-10-21(11-15-23)8-5-6-9-22-13-17-26(27(29)19-22)28(30,31)32/h5,8,12-13,16-19,21,23H,3-4,7,10-11,14-15H2,1-2H3/b8-5+/t21-,23-. The lowest BCUT2D eigenvalue weighted by atomic mass is 9.76. The Balaban J connectivity index is 1.58. The van der Waals surface area contributed by atoms with Crippen molar-refractivity contribution < 1.29 is 17.6 Å². The van der Waals surface area contributed by atoms with E-state index in [0.717, 1.165) is 57.1 Å². The number of hydrogen-bond donors (Lipinski definition) is 0. The highest BCUT2D eigenvalue weighted by Gasteiger charge is 2.33.